The highest BCUT2D eigenvalue weighted by atomic mass is 79.9. The smallest absolute Gasteiger partial charge is 0.411 e. The number of carbonyl (C=O) groups is 1. The van der Waals surface area contributed by atoms with Crippen LogP contribution in [0.3, 0.4) is 0 Å². The minimum atomic E-state index is -1.20. The number of carboxylic acid groups (broad SMARTS) is 1. The Morgan fingerprint density at radius 2 is 2.23 bits per heavy atom. The Morgan fingerprint density at radius 1 is 1.62 bits per heavy atom. The fourth-order valence-electron chi connectivity index (χ4n) is 0.846. The predicted molar refractivity (Wildman–Crippen MR) is 50.5 cm³/mol. The van der Waals surface area contributed by atoms with Crippen LogP contribution in [0.25, 0.3) is 0 Å². The summed E-state index contributed by atoms with van der Waals surface area (Å²) in [7, 11) is 1.28. The monoisotopic (exact) mass is 247 g/mol. The molecule has 5 heteroatoms. The first-order chi connectivity index (χ1) is 6.02. The van der Waals surface area contributed by atoms with Crippen molar-refractivity contribution in [3.63, 3.8) is 0 Å². The number of rotatable bonds is 1. The molecule has 3 nitrogen and oxygen atoms in total. The molecule has 0 aliphatic carbocycles. The van der Waals surface area contributed by atoms with Gasteiger partial charge in [-0.05, 0) is 18.2 Å². The fourth-order valence-corrected chi connectivity index (χ4v) is 1.19. The molecule has 13 heavy (non-hydrogen) atoms. The third-order valence-corrected chi connectivity index (χ3v) is 2.05. The molecule has 0 aliphatic rings. The van der Waals surface area contributed by atoms with Gasteiger partial charge in [-0.3, -0.25) is 4.90 Å². The number of hydrogen-bond donors (Lipinski definition) is 1. The van der Waals surface area contributed by atoms with Gasteiger partial charge in [-0.2, -0.15) is 0 Å². The molecular weight excluding hydrogens is 241 g/mol. The molecule has 0 aromatic heterocycles. The van der Waals surface area contributed by atoms with Crippen molar-refractivity contribution in [3.05, 3.63) is 28.5 Å². The zero-order valence-corrected chi connectivity index (χ0v) is 8.38. The Labute approximate surface area is 82.9 Å². The van der Waals surface area contributed by atoms with Crippen LogP contribution >= 0.6 is 15.9 Å². The molecule has 1 amide bonds. The lowest BCUT2D eigenvalue weighted by atomic mass is 10.3. The molecule has 0 spiro atoms. The second kappa shape index (κ2) is 3.74. The van der Waals surface area contributed by atoms with Gasteiger partial charge in [-0.15, -0.1) is 0 Å². The quantitative estimate of drug-likeness (QED) is 0.829. The summed E-state index contributed by atoms with van der Waals surface area (Å²) in [5, 5.41) is 8.59. The molecule has 0 fully saturated rings. The Hall–Kier alpha value is -1.10. The molecule has 0 unspecified atom stereocenters. The van der Waals surface area contributed by atoms with Gasteiger partial charge < -0.3 is 5.11 Å². The fraction of sp³-hybridized carbons (Fsp3) is 0.125. The lowest BCUT2D eigenvalue weighted by Gasteiger charge is -2.13. The van der Waals surface area contributed by atoms with Gasteiger partial charge >= 0.3 is 6.09 Å². The lowest BCUT2D eigenvalue weighted by molar-refractivity contribution is 0.203. The van der Waals surface area contributed by atoms with E-state index in [4.69, 9.17) is 5.11 Å². The van der Waals surface area contributed by atoms with Crippen LogP contribution in [-0.4, -0.2) is 18.2 Å². The summed E-state index contributed by atoms with van der Waals surface area (Å²) in [4.78, 5) is 11.3. The van der Waals surface area contributed by atoms with Crippen molar-refractivity contribution in [2.45, 2.75) is 0 Å². The molecular formula is C8H7BrFNO2. The zero-order valence-electron chi connectivity index (χ0n) is 6.79. The van der Waals surface area contributed by atoms with Gasteiger partial charge in [0.1, 0.15) is 5.82 Å². The van der Waals surface area contributed by atoms with E-state index in [1.54, 1.807) is 0 Å². The number of anilines is 1. The number of halogens is 2. The minimum Gasteiger partial charge on any atom is -0.465 e. The molecule has 1 aromatic carbocycles. The van der Waals surface area contributed by atoms with Crippen LogP contribution in [0.1, 0.15) is 0 Å². The Kier molecular flexibility index (Phi) is 2.87. The third-order valence-electron chi connectivity index (χ3n) is 1.56. The molecule has 0 bridgehead atoms. The number of hydrogen-bond acceptors (Lipinski definition) is 1. The Bertz CT molecular complexity index is 343. The minimum absolute atomic E-state index is 0.0295. The molecule has 0 heterocycles. The highest BCUT2D eigenvalue weighted by molar-refractivity contribution is 9.10. The zero-order chi connectivity index (χ0) is 10.0. The number of nitrogens with zero attached hydrogens (tertiary/aromatic N) is 1. The molecule has 0 saturated carbocycles. The van der Waals surface area contributed by atoms with Crippen molar-refractivity contribution in [2.24, 2.45) is 0 Å². The van der Waals surface area contributed by atoms with Crippen LogP contribution in [0.15, 0.2) is 22.7 Å². The largest absolute Gasteiger partial charge is 0.465 e. The second-order valence-corrected chi connectivity index (χ2v) is 3.35. The van der Waals surface area contributed by atoms with E-state index in [2.05, 4.69) is 15.9 Å². The highest BCUT2D eigenvalue weighted by Crippen LogP contribution is 2.22. The second-order valence-electron chi connectivity index (χ2n) is 2.44. The van der Waals surface area contributed by atoms with Crippen LogP contribution < -0.4 is 4.90 Å². The topological polar surface area (TPSA) is 40.5 Å². The van der Waals surface area contributed by atoms with Gasteiger partial charge in [-0.25, -0.2) is 9.18 Å². The molecule has 0 atom stereocenters. The molecule has 0 radical (unpaired) electrons. The number of benzene rings is 1. The molecule has 70 valence electrons. The van der Waals surface area contributed by atoms with E-state index in [0.717, 1.165) is 4.90 Å². The third kappa shape index (κ3) is 2.18. The molecule has 0 aliphatic heterocycles. The summed E-state index contributed by atoms with van der Waals surface area (Å²) in [5.74, 6) is -0.562. The van der Waals surface area contributed by atoms with E-state index >= 15 is 0 Å². The van der Waals surface area contributed by atoms with E-state index in [9.17, 15) is 9.18 Å². The lowest BCUT2D eigenvalue weighted by Crippen LogP contribution is -2.24. The SMILES string of the molecule is CN(C(=O)O)c1cc(Br)ccc1F. The van der Waals surface area contributed by atoms with E-state index in [-0.39, 0.29) is 5.69 Å². The van der Waals surface area contributed by atoms with Gasteiger partial charge in [0.25, 0.3) is 0 Å². The van der Waals surface area contributed by atoms with Gasteiger partial charge in [-0.1, -0.05) is 15.9 Å². The first-order valence-electron chi connectivity index (χ1n) is 3.44. The summed E-state index contributed by atoms with van der Waals surface area (Å²) in [5.41, 5.74) is 0.0295. The summed E-state index contributed by atoms with van der Waals surface area (Å²) in [6.45, 7) is 0. The van der Waals surface area contributed by atoms with Gasteiger partial charge in [0.2, 0.25) is 0 Å². The predicted octanol–water partition coefficient (Wildman–Crippen LogP) is 2.70. The Balaban J connectivity index is 3.12. The first kappa shape index (κ1) is 9.98. The Morgan fingerprint density at radius 3 is 2.77 bits per heavy atom. The summed E-state index contributed by atoms with van der Waals surface area (Å²) in [6.07, 6.45) is -1.20. The van der Waals surface area contributed by atoms with Crippen molar-refractivity contribution in [2.75, 3.05) is 11.9 Å². The van der Waals surface area contributed by atoms with E-state index in [0.29, 0.717) is 4.47 Å². The standard InChI is InChI=1S/C8H7BrFNO2/c1-11(8(12)13)7-4-5(9)2-3-6(7)10/h2-4H,1H3,(H,12,13). The molecule has 1 aromatic rings. The van der Waals surface area contributed by atoms with Gasteiger partial charge in [0.05, 0.1) is 5.69 Å². The summed E-state index contributed by atoms with van der Waals surface area (Å²) >= 11 is 3.13. The molecule has 1 rings (SSSR count). The van der Waals surface area contributed by atoms with Crippen molar-refractivity contribution in [3.8, 4) is 0 Å². The normalized spacial score (nSPS) is 9.77. The van der Waals surface area contributed by atoms with E-state index in [1.807, 2.05) is 0 Å². The number of amides is 1. The van der Waals surface area contributed by atoms with Crippen LogP contribution in [0.5, 0.6) is 0 Å². The maximum Gasteiger partial charge on any atom is 0.411 e. The average Bonchev–Trinajstić information content (AvgIpc) is 2.08. The van der Waals surface area contributed by atoms with Crippen molar-refractivity contribution < 1.29 is 14.3 Å². The van der Waals surface area contributed by atoms with Crippen molar-refractivity contribution >= 4 is 27.7 Å². The summed E-state index contributed by atoms with van der Waals surface area (Å²) < 4.78 is 13.7. The van der Waals surface area contributed by atoms with Gasteiger partial charge in [0, 0.05) is 11.5 Å². The van der Waals surface area contributed by atoms with Crippen LogP contribution in [0.4, 0.5) is 14.9 Å². The maximum absolute atomic E-state index is 13.1. The van der Waals surface area contributed by atoms with Crippen molar-refractivity contribution in [1.29, 1.82) is 0 Å². The highest BCUT2D eigenvalue weighted by Gasteiger charge is 2.13. The average molecular weight is 248 g/mol. The van der Waals surface area contributed by atoms with E-state index in [1.165, 1.54) is 25.2 Å². The van der Waals surface area contributed by atoms with Gasteiger partial charge in [0.15, 0.2) is 0 Å². The van der Waals surface area contributed by atoms with Crippen LogP contribution in [0, 0.1) is 5.82 Å². The van der Waals surface area contributed by atoms with Crippen LogP contribution in [0.2, 0.25) is 0 Å². The molecule has 1 N–H and O–H groups in total. The van der Waals surface area contributed by atoms with Crippen molar-refractivity contribution in [1.82, 2.24) is 0 Å². The van der Waals surface area contributed by atoms with Crippen LogP contribution in [-0.2, 0) is 0 Å². The molecule has 0 saturated heterocycles. The summed E-state index contributed by atoms with van der Waals surface area (Å²) in [6, 6.07) is 4.12. The maximum atomic E-state index is 13.1. The first-order valence-corrected chi connectivity index (χ1v) is 4.23. The van der Waals surface area contributed by atoms with E-state index < -0.39 is 11.9 Å².